The molecule has 5 heteroatoms. The van der Waals surface area contributed by atoms with Crippen LogP contribution in [0.4, 0.5) is 0 Å². The van der Waals surface area contributed by atoms with Gasteiger partial charge in [0, 0.05) is 5.92 Å². The molecule has 0 heterocycles. The molecule has 1 aliphatic rings. The number of carbonyl (C=O) groups is 1. The van der Waals surface area contributed by atoms with Crippen LogP contribution >= 0.6 is 0 Å². The number of carbonyl (C=O) groups excluding carboxylic acids is 1. The molecule has 4 nitrogen and oxygen atoms in total. The van der Waals surface area contributed by atoms with Gasteiger partial charge in [0.2, 0.25) is 15.9 Å². The van der Waals surface area contributed by atoms with Crippen molar-refractivity contribution >= 4 is 15.9 Å². The van der Waals surface area contributed by atoms with Crippen molar-refractivity contribution in [1.82, 2.24) is 4.72 Å². The van der Waals surface area contributed by atoms with Crippen LogP contribution < -0.4 is 4.72 Å². The molecule has 0 aromatic rings. The van der Waals surface area contributed by atoms with Gasteiger partial charge in [-0.2, -0.15) is 0 Å². The predicted molar refractivity (Wildman–Crippen MR) is 49.5 cm³/mol. The first kappa shape index (κ1) is 10.5. The Morgan fingerprint density at radius 3 is 2.46 bits per heavy atom. The van der Waals surface area contributed by atoms with Gasteiger partial charge in [-0.1, -0.05) is 13.3 Å². The molecule has 0 bridgehead atoms. The Morgan fingerprint density at radius 1 is 1.46 bits per heavy atom. The van der Waals surface area contributed by atoms with Gasteiger partial charge in [0.05, 0.1) is 5.75 Å². The average molecular weight is 205 g/mol. The van der Waals surface area contributed by atoms with Crippen LogP contribution in [0, 0.1) is 11.8 Å². The van der Waals surface area contributed by atoms with E-state index < -0.39 is 10.0 Å². The fraction of sp³-hybridized carbons (Fsp3) is 0.875. The Balaban J connectivity index is 2.44. The SMILES string of the molecule is CC[C@@H]1C[C@H]1C(=O)NS(=O)(=O)CC. The molecule has 0 spiro atoms. The third-order valence-electron chi connectivity index (χ3n) is 2.42. The monoisotopic (exact) mass is 205 g/mol. The van der Waals surface area contributed by atoms with Crippen LogP contribution in [0.5, 0.6) is 0 Å². The smallest absolute Gasteiger partial charge is 0.236 e. The molecule has 0 unspecified atom stereocenters. The quantitative estimate of drug-likeness (QED) is 0.727. The van der Waals surface area contributed by atoms with Crippen LogP contribution in [0.25, 0.3) is 0 Å². The molecule has 76 valence electrons. The fourth-order valence-electron chi connectivity index (χ4n) is 1.32. The van der Waals surface area contributed by atoms with Crippen LogP contribution in [0.2, 0.25) is 0 Å². The van der Waals surface area contributed by atoms with Crippen molar-refractivity contribution in [1.29, 1.82) is 0 Å². The second-order valence-electron chi connectivity index (χ2n) is 3.38. The van der Waals surface area contributed by atoms with E-state index in [1.807, 2.05) is 6.92 Å². The summed E-state index contributed by atoms with van der Waals surface area (Å²) in [5.41, 5.74) is 0. The third kappa shape index (κ3) is 2.69. The molecular weight excluding hydrogens is 190 g/mol. The molecule has 0 aliphatic heterocycles. The highest BCUT2D eigenvalue weighted by molar-refractivity contribution is 7.90. The van der Waals surface area contributed by atoms with Crippen molar-refractivity contribution in [3.63, 3.8) is 0 Å². The van der Waals surface area contributed by atoms with Gasteiger partial charge in [-0.05, 0) is 19.3 Å². The summed E-state index contributed by atoms with van der Waals surface area (Å²) in [6.07, 6.45) is 1.78. The summed E-state index contributed by atoms with van der Waals surface area (Å²) >= 11 is 0. The third-order valence-corrected chi connectivity index (χ3v) is 3.69. The molecule has 13 heavy (non-hydrogen) atoms. The second-order valence-corrected chi connectivity index (χ2v) is 5.39. The van der Waals surface area contributed by atoms with Crippen LogP contribution in [0.1, 0.15) is 26.7 Å². The predicted octanol–water partition coefficient (Wildman–Crippen LogP) is 0.498. The fourth-order valence-corrected chi connectivity index (χ4v) is 1.92. The molecule has 1 rings (SSSR count). The van der Waals surface area contributed by atoms with Crippen molar-refractivity contribution in [2.75, 3.05) is 5.75 Å². The Hall–Kier alpha value is -0.580. The summed E-state index contributed by atoms with van der Waals surface area (Å²) in [7, 11) is -3.35. The molecule has 0 radical (unpaired) electrons. The van der Waals surface area contributed by atoms with Gasteiger partial charge in [0.1, 0.15) is 0 Å². The number of nitrogens with one attached hydrogen (secondary N) is 1. The molecule has 0 aromatic heterocycles. The Bertz CT molecular complexity index is 297. The first-order chi connectivity index (χ1) is 6.00. The number of hydrogen-bond donors (Lipinski definition) is 1. The molecular formula is C8H15NO3S. The van der Waals surface area contributed by atoms with E-state index in [1.165, 1.54) is 6.92 Å². The van der Waals surface area contributed by atoms with E-state index in [4.69, 9.17) is 0 Å². The van der Waals surface area contributed by atoms with Gasteiger partial charge in [-0.15, -0.1) is 0 Å². The average Bonchev–Trinajstić information content (AvgIpc) is 2.82. The number of rotatable bonds is 4. The van der Waals surface area contributed by atoms with Gasteiger partial charge < -0.3 is 0 Å². The van der Waals surface area contributed by atoms with Gasteiger partial charge in [0.15, 0.2) is 0 Å². The lowest BCUT2D eigenvalue weighted by atomic mass is 10.2. The Labute approximate surface area is 78.8 Å². The highest BCUT2D eigenvalue weighted by atomic mass is 32.2. The van der Waals surface area contributed by atoms with E-state index in [-0.39, 0.29) is 17.6 Å². The van der Waals surface area contributed by atoms with Gasteiger partial charge >= 0.3 is 0 Å². The van der Waals surface area contributed by atoms with Crippen LogP contribution in [0.15, 0.2) is 0 Å². The molecule has 1 saturated carbocycles. The van der Waals surface area contributed by atoms with E-state index in [2.05, 4.69) is 4.72 Å². The van der Waals surface area contributed by atoms with E-state index in [0.29, 0.717) is 5.92 Å². The van der Waals surface area contributed by atoms with Gasteiger partial charge in [-0.3, -0.25) is 9.52 Å². The summed E-state index contributed by atoms with van der Waals surface area (Å²) in [5, 5.41) is 0. The first-order valence-corrected chi connectivity index (χ1v) is 6.19. The number of hydrogen-bond acceptors (Lipinski definition) is 3. The summed E-state index contributed by atoms with van der Waals surface area (Å²) < 4.78 is 24.1. The topological polar surface area (TPSA) is 63.2 Å². The van der Waals surface area contributed by atoms with Crippen LogP contribution in [-0.2, 0) is 14.8 Å². The minimum Gasteiger partial charge on any atom is -0.274 e. The molecule has 2 atom stereocenters. The lowest BCUT2D eigenvalue weighted by Gasteiger charge is -2.02. The maximum atomic E-state index is 11.3. The number of amides is 1. The number of sulfonamides is 1. The van der Waals surface area contributed by atoms with Gasteiger partial charge in [0.25, 0.3) is 0 Å². The van der Waals surface area contributed by atoms with Gasteiger partial charge in [-0.25, -0.2) is 8.42 Å². The van der Waals surface area contributed by atoms with Crippen molar-refractivity contribution in [3.8, 4) is 0 Å². The van der Waals surface area contributed by atoms with E-state index in [9.17, 15) is 13.2 Å². The highest BCUT2D eigenvalue weighted by Gasteiger charge is 2.42. The molecule has 0 aromatic carbocycles. The molecule has 1 amide bonds. The van der Waals surface area contributed by atoms with E-state index >= 15 is 0 Å². The Morgan fingerprint density at radius 2 is 2.08 bits per heavy atom. The minimum absolute atomic E-state index is 0.0394. The summed E-state index contributed by atoms with van der Waals surface area (Å²) in [6.45, 7) is 3.52. The summed E-state index contributed by atoms with van der Waals surface area (Å²) in [4.78, 5) is 11.3. The molecule has 1 fully saturated rings. The maximum Gasteiger partial charge on any atom is 0.236 e. The largest absolute Gasteiger partial charge is 0.274 e. The zero-order valence-corrected chi connectivity index (χ0v) is 8.73. The molecule has 1 aliphatic carbocycles. The minimum atomic E-state index is -3.35. The Kier molecular flexibility index (Phi) is 2.95. The van der Waals surface area contributed by atoms with Crippen molar-refractivity contribution in [3.05, 3.63) is 0 Å². The second kappa shape index (κ2) is 3.65. The first-order valence-electron chi connectivity index (χ1n) is 4.54. The standard InChI is InChI=1S/C8H15NO3S/c1-3-6-5-7(6)8(10)9-13(11,12)4-2/h6-7H,3-5H2,1-2H3,(H,9,10)/t6-,7-/m1/s1. The lowest BCUT2D eigenvalue weighted by molar-refractivity contribution is -0.120. The summed E-state index contributed by atoms with van der Waals surface area (Å²) in [6, 6.07) is 0. The highest BCUT2D eigenvalue weighted by Crippen LogP contribution is 2.41. The van der Waals surface area contributed by atoms with Crippen molar-refractivity contribution in [2.45, 2.75) is 26.7 Å². The maximum absolute atomic E-state index is 11.3. The van der Waals surface area contributed by atoms with E-state index in [0.717, 1.165) is 12.8 Å². The van der Waals surface area contributed by atoms with Crippen molar-refractivity contribution < 1.29 is 13.2 Å². The molecule has 0 saturated heterocycles. The zero-order valence-electron chi connectivity index (χ0n) is 7.91. The van der Waals surface area contributed by atoms with E-state index in [1.54, 1.807) is 0 Å². The van der Waals surface area contributed by atoms with Crippen LogP contribution in [0.3, 0.4) is 0 Å². The van der Waals surface area contributed by atoms with Crippen LogP contribution in [-0.4, -0.2) is 20.1 Å². The van der Waals surface area contributed by atoms with Crippen molar-refractivity contribution in [2.24, 2.45) is 11.8 Å². The zero-order chi connectivity index (χ0) is 10.1. The molecule has 1 N–H and O–H groups in total. The summed E-state index contributed by atoms with van der Waals surface area (Å²) in [5.74, 6) is -0.0329. The lowest BCUT2D eigenvalue weighted by Crippen LogP contribution is -2.33. The normalized spacial score (nSPS) is 26.9.